The average molecular weight is 264 g/mol. The number of carboxylic acid groups (broad SMARTS) is 1. The van der Waals surface area contributed by atoms with E-state index in [1.807, 2.05) is 24.3 Å². The first kappa shape index (κ1) is 15.2. The number of hydrogen-bond acceptors (Lipinski definition) is 3. The summed E-state index contributed by atoms with van der Waals surface area (Å²) in [7, 11) is 1.20. The normalized spacial score (nSPS) is 13.9. The molecule has 0 saturated heterocycles. The molecule has 104 valence electrons. The minimum absolute atomic E-state index is 0.118. The number of rotatable bonds is 5. The molecular weight excluding hydrogens is 244 g/mol. The molecule has 0 amide bonds. The molecule has 1 aromatic rings. The Morgan fingerprint density at radius 1 is 1.26 bits per heavy atom. The summed E-state index contributed by atoms with van der Waals surface area (Å²) in [6.45, 7) is 5.56. The van der Waals surface area contributed by atoms with Crippen LogP contribution in [0.15, 0.2) is 24.3 Å². The van der Waals surface area contributed by atoms with E-state index >= 15 is 0 Å². The van der Waals surface area contributed by atoms with Crippen molar-refractivity contribution in [3.05, 3.63) is 35.4 Å². The van der Waals surface area contributed by atoms with E-state index in [-0.39, 0.29) is 6.42 Å². The van der Waals surface area contributed by atoms with E-state index in [9.17, 15) is 14.7 Å². The number of ether oxygens (including phenoxy) is 1. The number of benzene rings is 1. The summed E-state index contributed by atoms with van der Waals surface area (Å²) in [6.07, 6.45) is 0.118. The lowest BCUT2D eigenvalue weighted by molar-refractivity contribution is -0.165. The van der Waals surface area contributed by atoms with E-state index in [0.29, 0.717) is 5.92 Å². The molecule has 1 atom stereocenters. The molecule has 0 fully saturated rings. The molecule has 19 heavy (non-hydrogen) atoms. The zero-order valence-electron chi connectivity index (χ0n) is 11.8. The van der Waals surface area contributed by atoms with Gasteiger partial charge in [-0.25, -0.2) is 0 Å². The zero-order chi connectivity index (χ0) is 14.6. The second-order valence-corrected chi connectivity index (χ2v) is 5.20. The first-order valence-electron chi connectivity index (χ1n) is 6.22. The molecule has 1 N–H and O–H groups in total. The van der Waals surface area contributed by atoms with Gasteiger partial charge in [0.2, 0.25) is 0 Å². The van der Waals surface area contributed by atoms with Crippen molar-refractivity contribution in [2.45, 2.75) is 33.1 Å². The van der Waals surface area contributed by atoms with E-state index in [4.69, 9.17) is 0 Å². The van der Waals surface area contributed by atoms with Gasteiger partial charge >= 0.3 is 11.9 Å². The SMILES string of the molecule is COC(=O)C(C)(Cc1ccc(C(C)C)cc1)C(=O)O. The maximum atomic E-state index is 11.7. The van der Waals surface area contributed by atoms with Crippen molar-refractivity contribution in [2.75, 3.05) is 7.11 Å². The van der Waals surface area contributed by atoms with Crippen LogP contribution in [0.2, 0.25) is 0 Å². The number of hydrogen-bond donors (Lipinski definition) is 1. The summed E-state index contributed by atoms with van der Waals surface area (Å²) in [4.78, 5) is 23.0. The summed E-state index contributed by atoms with van der Waals surface area (Å²) in [6, 6.07) is 7.64. The number of esters is 1. The largest absolute Gasteiger partial charge is 0.480 e. The van der Waals surface area contributed by atoms with Crippen molar-refractivity contribution in [1.29, 1.82) is 0 Å². The molecular formula is C15H20O4. The summed E-state index contributed by atoms with van der Waals surface area (Å²) >= 11 is 0. The van der Waals surface area contributed by atoms with Gasteiger partial charge in [0.25, 0.3) is 0 Å². The molecule has 4 heteroatoms. The third-order valence-corrected chi connectivity index (χ3v) is 3.31. The van der Waals surface area contributed by atoms with Gasteiger partial charge < -0.3 is 9.84 Å². The van der Waals surface area contributed by atoms with E-state index in [1.54, 1.807) is 0 Å². The molecule has 0 aliphatic rings. The molecule has 0 radical (unpaired) electrons. The van der Waals surface area contributed by atoms with Crippen molar-refractivity contribution in [2.24, 2.45) is 5.41 Å². The molecule has 0 bridgehead atoms. The van der Waals surface area contributed by atoms with Crippen LogP contribution in [0.4, 0.5) is 0 Å². The Balaban J connectivity index is 2.98. The lowest BCUT2D eigenvalue weighted by Gasteiger charge is -2.22. The summed E-state index contributed by atoms with van der Waals surface area (Å²) in [5.41, 5.74) is 0.437. The molecule has 1 rings (SSSR count). The van der Waals surface area contributed by atoms with Crippen LogP contribution in [0.25, 0.3) is 0 Å². The fraction of sp³-hybridized carbons (Fsp3) is 0.467. The Labute approximate surface area is 113 Å². The van der Waals surface area contributed by atoms with Gasteiger partial charge in [-0.05, 0) is 30.4 Å². The molecule has 0 aliphatic carbocycles. The van der Waals surface area contributed by atoms with Crippen LogP contribution in [0.5, 0.6) is 0 Å². The van der Waals surface area contributed by atoms with E-state index in [0.717, 1.165) is 5.56 Å². The van der Waals surface area contributed by atoms with Crippen LogP contribution in [0.1, 0.15) is 37.8 Å². The van der Waals surface area contributed by atoms with Gasteiger partial charge in [0.1, 0.15) is 0 Å². The summed E-state index contributed by atoms with van der Waals surface area (Å²) in [5, 5.41) is 9.24. The first-order valence-corrected chi connectivity index (χ1v) is 6.22. The van der Waals surface area contributed by atoms with Crippen LogP contribution >= 0.6 is 0 Å². The van der Waals surface area contributed by atoms with Gasteiger partial charge in [-0.15, -0.1) is 0 Å². The van der Waals surface area contributed by atoms with Crippen molar-refractivity contribution in [3.8, 4) is 0 Å². The maximum Gasteiger partial charge on any atom is 0.323 e. The summed E-state index contributed by atoms with van der Waals surface area (Å²) < 4.78 is 4.59. The second-order valence-electron chi connectivity index (χ2n) is 5.20. The highest BCUT2D eigenvalue weighted by atomic mass is 16.5. The standard InChI is InChI=1S/C15H20O4/c1-10(2)12-7-5-11(6-8-12)9-15(3,13(16)17)14(18)19-4/h5-8,10H,9H2,1-4H3,(H,16,17). The zero-order valence-corrected chi connectivity index (χ0v) is 11.8. The monoisotopic (exact) mass is 264 g/mol. The number of carbonyl (C=O) groups is 2. The Bertz CT molecular complexity index is 462. The highest BCUT2D eigenvalue weighted by Gasteiger charge is 2.42. The average Bonchev–Trinajstić information content (AvgIpc) is 2.37. The summed E-state index contributed by atoms with van der Waals surface area (Å²) in [5.74, 6) is -1.49. The van der Waals surface area contributed by atoms with Gasteiger partial charge in [0, 0.05) is 0 Å². The predicted octanol–water partition coefficient (Wildman–Crippen LogP) is 2.62. The van der Waals surface area contributed by atoms with Gasteiger partial charge in [0.15, 0.2) is 5.41 Å². The minimum Gasteiger partial charge on any atom is -0.480 e. The van der Waals surface area contributed by atoms with E-state index < -0.39 is 17.4 Å². The molecule has 0 heterocycles. The fourth-order valence-electron chi connectivity index (χ4n) is 1.89. The number of aliphatic carboxylic acids is 1. The number of carbonyl (C=O) groups excluding carboxylic acids is 1. The van der Waals surface area contributed by atoms with Crippen LogP contribution in [-0.4, -0.2) is 24.2 Å². The molecule has 0 aliphatic heterocycles. The number of carboxylic acids is 1. The Hall–Kier alpha value is -1.84. The van der Waals surface area contributed by atoms with E-state index in [2.05, 4.69) is 18.6 Å². The van der Waals surface area contributed by atoms with Crippen LogP contribution in [-0.2, 0) is 20.7 Å². The predicted molar refractivity (Wildman–Crippen MR) is 72.0 cm³/mol. The number of methoxy groups -OCH3 is 1. The van der Waals surface area contributed by atoms with Crippen LogP contribution in [0, 0.1) is 5.41 Å². The minimum atomic E-state index is -1.55. The highest BCUT2D eigenvalue weighted by molar-refractivity contribution is 5.98. The lowest BCUT2D eigenvalue weighted by atomic mass is 9.83. The quantitative estimate of drug-likeness (QED) is 0.656. The molecule has 4 nitrogen and oxygen atoms in total. The molecule has 1 unspecified atom stereocenters. The van der Waals surface area contributed by atoms with Crippen molar-refractivity contribution < 1.29 is 19.4 Å². The molecule has 0 aromatic heterocycles. The smallest absolute Gasteiger partial charge is 0.323 e. The fourth-order valence-corrected chi connectivity index (χ4v) is 1.89. The lowest BCUT2D eigenvalue weighted by Crippen LogP contribution is -2.39. The second kappa shape index (κ2) is 5.87. The third-order valence-electron chi connectivity index (χ3n) is 3.31. The van der Waals surface area contributed by atoms with Crippen LogP contribution < -0.4 is 0 Å². The third kappa shape index (κ3) is 3.34. The van der Waals surface area contributed by atoms with Crippen molar-refractivity contribution in [1.82, 2.24) is 0 Å². The first-order chi connectivity index (χ1) is 8.81. The van der Waals surface area contributed by atoms with Gasteiger partial charge in [-0.3, -0.25) is 9.59 Å². The maximum absolute atomic E-state index is 11.7. The molecule has 0 spiro atoms. The van der Waals surface area contributed by atoms with Gasteiger partial charge in [-0.2, -0.15) is 0 Å². The van der Waals surface area contributed by atoms with E-state index in [1.165, 1.54) is 19.6 Å². The highest BCUT2D eigenvalue weighted by Crippen LogP contribution is 2.26. The van der Waals surface area contributed by atoms with Crippen molar-refractivity contribution >= 4 is 11.9 Å². The molecule has 1 aromatic carbocycles. The molecule has 0 saturated carbocycles. The Morgan fingerprint density at radius 3 is 2.16 bits per heavy atom. The van der Waals surface area contributed by atoms with Crippen LogP contribution in [0.3, 0.4) is 0 Å². The van der Waals surface area contributed by atoms with Gasteiger partial charge in [0.05, 0.1) is 7.11 Å². The Morgan fingerprint density at radius 2 is 1.79 bits per heavy atom. The Kier molecular flexibility index (Phi) is 4.70. The van der Waals surface area contributed by atoms with Crippen molar-refractivity contribution in [3.63, 3.8) is 0 Å². The topological polar surface area (TPSA) is 63.6 Å². The van der Waals surface area contributed by atoms with Gasteiger partial charge in [-0.1, -0.05) is 38.1 Å².